The van der Waals surface area contributed by atoms with Crippen LogP contribution < -0.4 is 5.73 Å². The van der Waals surface area contributed by atoms with Gasteiger partial charge in [0.15, 0.2) is 0 Å². The molecule has 0 atom stereocenters. The number of nitrogens with two attached hydrogens (primary N) is 1. The Morgan fingerprint density at radius 2 is 2.33 bits per heavy atom. The van der Waals surface area contributed by atoms with Crippen LogP contribution in [0.3, 0.4) is 0 Å². The van der Waals surface area contributed by atoms with Crippen LogP contribution >= 0.6 is 0 Å². The van der Waals surface area contributed by atoms with E-state index < -0.39 is 0 Å². The van der Waals surface area contributed by atoms with Crippen molar-refractivity contribution >= 4 is 16.7 Å². The molecule has 0 unspecified atom stereocenters. The molecule has 2 rings (SSSR count). The van der Waals surface area contributed by atoms with Crippen molar-refractivity contribution in [1.82, 2.24) is 9.55 Å². The molecule has 0 aliphatic carbocycles. The average molecular weight is 201 g/mol. The number of nitrogen functional groups attached to an aromatic ring is 1. The number of imidazole rings is 1. The number of benzene rings is 1. The Morgan fingerprint density at radius 1 is 1.53 bits per heavy atom. The van der Waals surface area contributed by atoms with Gasteiger partial charge in [0.1, 0.15) is 5.82 Å². The van der Waals surface area contributed by atoms with Crippen LogP contribution in [-0.4, -0.2) is 9.55 Å². The topological polar surface area (TPSA) is 43.8 Å². The summed E-state index contributed by atoms with van der Waals surface area (Å²) in [6.45, 7) is 6.66. The van der Waals surface area contributed by atoms with Gasteiger partial charge in [-0.05, 0) is 18.2 Å². The normalized spacial score (nSPS) is 10.7. The zero-order chi connectivity index (χ0) is 10.8. The molecule has 0 aliphatic rings. The maximum absolute atomic E-state index is 5.73. The van der Waals surface area contributed by atoms with Gasteiger partial charge < -0.3 is 10.3 Å². The van der Waals surface area contributed by atoms with Crippen LogP contribution in [0.15, 0.2) is 30.9 Å². The number of aromatic nitrogens is 2. The minimum Gasteiger partial charge on any atom is -0.399 e. The van der Waals surface area contributed by atoms with E-state index in [1.807, 2.05) is 24.3 Å². The summed E-state index contributed by atoms with van der Waals surface area (Å²) in [4.78, 5) is 4.55. The van der Waals surface area contributed by atoms with E-state index in [1.54, 1.807) is 0 Å². The molecule has 0 saturated carbocycles. The highest BCUT2D eigenvalue weighted by Crippen LogP contribution is 2.19. The maximum Gasteiger partial charge on any atom is 0.109 e. The number of nitrogens with zero attached hydrogens (tertiary/aromatic N) is 2. The molecule has 0 amide bonds. The van der Waals surface area contributed by atoms with Gasteiger partial charge in [0, 0.05) is 18.7 Å². The predicted octanol–water partition coefficient (Wildman–Crippen LogP) is 2.37. The summed E-state index contributed by atoms with van der Waals surface area (Å²) < 4.78 is 2.17. The molecule has 3 nitrogen and oxygen atoms in total. The van der Waals surface area contributed by atoms with E-state index in [1.165, 1.54) is 0 Å². The molecule has 2 N–H and O–H groups in total. The van der Waals surface area contributed by atoms with E-state index >= 15 is 0 Å². The molecule has 1 aromatic heterocycles. The van der Waals surface area contributed by atoms with Crippen molar-refractivity contribution in [1.29, 1.82) is 0 Å². The van der Waals surface area contributed by atoms with Crippen molar-refractivity contribution in [2.75, 3.05) is 5.73 Å². The van der Waals surface area contributed by atoms with Crippen LogP contribution in [0.4, 0.5) is 5.69 Å². The number of hydrogen-bond donors (Lipinski definition) is 1. The summed E-state index contributed by atoms with van der Waals surface area (Å²) in [7, 11) is 0. The molecule has 3 heteroatoms. The summed E-state index contributed by atoms with van der Waals surface area (Å²) in [5, 5.41) is 0. The van der Waals surface area contributed by atoms with E-state index in [0.717, 1.165) is 35.5 Å². The first kappa shape index (κ1) is 9.77. The lowest BCUT2D eigenvalue weighted by Gasteiger charge is -2.03. The third-order valence-corrected chi connectivity index (χ3v) is 2.48. The van der Waals surface area contributed by atoms with Gasteiger partial charge in [0.25, 0.3) is 0 Å². The summed E-state index contributed by atoms with van der Waals surface area (Å²) in [6, 6.07) is 5.83. The van der Waals surface area contributed by atoms with Crippen molar-refractivity contribution in [3.8, 4) is 0 Å². The van der Waals surface area contributed by atoms with Gasteiger partial charge >= 0.3 is 0 Å². The first-order valence-electron chi connectivity index (χ1n) is 5.11. The van der Waals surface area contributed by atoms with Crippen molar-refractivity contribution < 1.29 is 0 Å². The smallest absolute Gasteiger partial charge is 0.109 e. The molecule has 0 saturated heterocycles. The van der Waals surface area contributed by atoms with Crippen LogP contribution in [0.1, 0.15) is 12.7 Å². The van der Waals surface area contributed by atoms with Crippen LogP contribution in [-0.2, 0) is 13.0 Å². The molecule has 2 aromatic rings. The molecule has 15 heavy (non-hydrogen) atoms. The Morgan fingerprint density at radius 3 is 3.00 bits per heavy atom. The fourth-order valence-electron chi connectivity index (χ4n) is 1.80. The first-order chi connectivity index (χ1) is 7.26. The van der Waals surface area contributed by atoms with Crippen LogP contribution in [0.5, 0.6) is 0 Å². The number of fused-ring (bicyclic) bond motifs is 1. The Bertz CT molecular complexity index is 497. The third kappa shape index (κ3) is 1.61. The predicted molar refractivity (Wildman–Crippen MR) is 63.7 cm³/mol. The monoisotopic (exact) mass is 201 g/mol. The molecule has 78 valence electrons. The summed E-state index contributed by atoms with van der Waals surface area (Å²) in [6.07, 6.45) is 2.80. The number of rotatable bonds is 3. The zero-order valence-electron chi connectivity index (χ0n) is 8.90. The van der Waals surface area contributed by atoms with Gasteiger partial charge in [-0.15, -0.1) is 6.58 Å². The molecule has 0 aliphatic heterocycles. The average Bonchev–Trinajstić information content (AvgIpc) is 2.56. The second-order valence-corrected chi connectivity index (χ2v) is 3.53. The largest absolute Gasteiger partial charge is 0.399 e. The number of allylic oxidation sites excluding steroid dienone is 1. The highest BCUT2D eigenvalue weighted by molar-refractivity contribution is 5.79. The van der Waals surface area contributed by atoms with E-state index in [-0.39, 0.29) is 0 Å². The molecule has 0 fully saturated rings. The van der Waals surface area contributed by atoms with Gasteiger partial charge in [-0.1, -0.05) is 13.0 Å². The molecule has 1 aromatic carbocycles. The van der Waals surface area contributed by atoms with Gasteiger partial charge in [-0.2, -0.15) is 0 Å². The fourth-order valence-corrected chi connectivity index (χ4v) is 1.80. The quantitative estimate of drug-likeness (QED) is 0.612. The molecule has 0 radical (unpaired) electrons. The fraction of sp³-hybridized carbons (Fsp3) is 0.250. The highest BCUT2D eigenvalue weighted by atomic mass is 15.1. The van der Waals surface area contributed by atoms with Crippen molar-refractivity contribution in [2.45, 2.75) is 19.9 Å². The van der Waals surface area contributed by atoms with Crippen LogP contribution in [0.25, 0.3) is 11.0 Å². The van der Waals surface area contributed by atoms with Gasteiger partial charge in [0.2, 0.25) is 0 Å². The standard InChI is InChI=1S/C12H15N3/c1-3-7-15-11-6-5-9(13)8-10(11)14-12(15)4-2/h3,5-6,8H,1,4,7,13H2,2H3. The Kier molecular flexibility index (Phi) is 2.46. The lowest BCUT2D eigenvalue weighted by atomic mass is 10.3. The lowest BCUT2D eigenvalue weighted by molar-refractivity contribution is 0.770. The number of hydrogen-bond acceptors (Lipinski definition) is 2. The second kappa shape index (κ2) is 3.77. The van der Waals surface area contributed by atoms with Gasteiger partial charge in [-0.25, -0.2) is 4.98 Å². The van der Waals surface area contributed by atoms with Crippen molar-refractivity contribution in [3.63, 3.8) is 0 Å². The van der Waals surface area contributed by atoms with Crippen molar-refractivity contribution in [2.24, 2.45) is 0 Å². The number of anilines is 1. The third-order valence-electron chi connectivity index (χ3n) is 2.48. The summed E-state index contributed by atoms with van der Waals surface area (Å²) in [5.41, 5.74) is 8.58. The van der Waals surface area contributed by atoms with E-state index in [9.17, 15) is 0 Å². The van der Waals surface area contributed by atoms with Crippen molar-refractivity contribution in [3.05, 3.63) is 36.7 Å². The van der Waals surface area contributed by atoms with E-state index in [2.05, 4.69) is 23.1 Å². The summed E-state index contributed by atoms with van der Waals surface area (Å²) in [5.74, 6) is 1.08. The minimum absolute atomic E-state index is 0.758. The molecule has 1 heterocycles. The van der Waals surface area contributed by atoms with E-state index in [4.69, 9.17) is 5.73 Å². The zero-order valence-corrected chi connectivity index (χ0v) is 8.90. The first-order valence-corrected chi connectivity index (χ1v) is 5.11. The van der Waals surface area contributed by atoms with Gasteiger partial charge in [0.05, 0.1) is 11.0 Å². The Hall–Kier alpha value is -1.77. The molecular formula is C12H15N3. The Labute approximate surface area is 89.2 Å². The van der Waals surface area contributed by atoms with Gasteiger partial charge in [-0.3, -0.25) is 0 Å². The maximum atomic E-state index is 5.73. The second-order valence-electron chi connectivity index (χ2n) is 3.53. The minimum atomic E-state index is 0.758. The number of aryl methyl sites for hydroxylation is 1. The van der Waals surface area contributed by atoms with E-state index in [0.29, 0.717) is 0 Å². The lowest BCUT2D eigenvalue weighted by Crippen LogP contribution is -2.00. The SMILES string of the molecule is C=CCn1c(CC)nc2cc(N)ccc21. The summed E-state index contributed by atoms with van der Waals surface area (Å²) >= 11 is 0. The molecular weight excluding hydrogens is 186 g/mol. The highest BCUT2D eigenvalue weighted by Gasteiger charge is 2.07. The van der Waals surface area contributed by atoms with Crippen LogP contribution in [0.2, 0.25) is 0 Å². The van der Waals surface area contributed by atoms with Crippen LogP contribution in [0, 0.1) is 0 Å². The molecule has 0 spiro atoms. The molecule has 0 bridgehead atoms. The Balaban J connectivity index is 2.68.